The van der Waals surface area contributed by atoms with E-state index in [4.69, 9.17) is 10.5 Å². The van der Waals surface area contributed by atoms with Crippen molar-refractivity contribution in [2.75, 3.05) is 32.8 Å². The molecule has 2 heterocycles. The van der Waals surface area contributed by atoms with Crippen molar-refractivity contribution in [3.05, 3.63) is 0 Å². The number of carbonyl (C=O) groups excluding carboxylic acids is 1. The summed E-state index contributed by atoms with van der Waals surface area (Å²) in [5, 5.41) is 3.12. The molecule has 1 amide bonds. The van der Waals surface area contributed by atoms with Crippen LogP contribution in [-0.2, 0) is 9.53 Å². The quantitative estimate of drug-likeness (QED) is 0.772. The fourth-order valence-electron chi connectivity index (χ4n) is 3.05. The van der Waals surface area contributed by atoms with Gasteiger partial charge in [-0.3, -0.25) is 9.69 Å². The first-order valence-corrected chi connectivity index (χ1v) is 7.50. The fourth-order valence-corrected chi connectivity index (χ4v) is 3.05. The molecule has 0 saturated carbocycles. The van der Waals surface area contributed by atoms with Gasteiger partial charge in [-0.1, -0.05) is 6.92 Å². The van der Waals surface area contributed by atoms with Gasteiger partial charge in [-0.2, -0.15) is 0 Å². The molecule has 0 aromatic heterocycles. The molecule has 5 heteroatoms. The maximum absolute atomic E-state index is 12.1. The van der Waals surface area contributed by atoms with Gasteiger partial charge in [-0.25, -0.2) is 0 Å². The minimum atomic E-state index is 0.139. The fraction of sp³-hybridized carbons (Fsp3) is 0.929. The smallest absolute Gasteiger partial charge is 0.234 e. The summed E-state index contributed by atoms with van der Waals surface area (Å²) in [7, 11) is 0. The van der Waals surface area contributed by atoms with E-state index in [1.54, 1.807) is 0 Å². The molecule has 3 N–H and O–H groups in total. The zero-order valence-corrected chi connectivity index (χ0v) is 11.9. The normalized spacial score (nSPS) is 30.2. The number of nitrogens with zero attached hydrogens (tertiary/aromatic N) is 1. The highest BCUT2D eigenvalue weighted by Gasteiger charge is 2.27. The Morgan fingerprint density at radius 3 is 2.79 bits per heavy atom. The van der Waals surface area contributed by atoms with Crippen molar-refractivity contribution in [1.82, 2.24) is 10.2 Å². The van der Waals surface area contributed by atoms with Crippen LogP contribution in [0.3, 0.4) is 0 Å². The number of hydrogen-bond donors (Lipinski definition) is 2. The molecular weight excluding hydrogens is 242 g/mol. The zero-order chi connectivity index (χ0) is 13.7. The molecule has 0 aromatic carbocycles. The van der Waals surface area contributed by atoms with Gasteiger partial charge in [0.1, 0.15) is 0 Å². The van der Waals surface area contributed by atoms with Gasteiger partial charge < -0.3 is 15.8 Å². The number of rotatable bonds is 4. The third-order valence-electron chi connectivity index (χ3n) is 4.31. The lowest BCUT2D eigenvalue weighted by Gasteiger charge is -2.37. The SMILES string of the molecule is CC1CCN(CC(=O)NC2CCOCC2)C(CN)C1. The minimum absolute atomic E-state index is 0.139. The van der Waals surface area contributed by atoms with Crippen LogP contribution in [0.1, 0.15) is 32.6 Å². The third-order valence-corrected chi connectivity index (χ3v) is 4.31. The van der Waals surface area contributed by atoms with Crippen LogP contribution in [0.25, 0.3) is 0 Å². The van der Waals surface area contributed by atoms with Gasteiger partial charge >= 0.3 is 0 Å². The van der Waals surface area contributed by atoms with Crippen molar-refractivity contribution in [2.24, 2.45) is 11.7 Å². The summed E-state index contributed by atoms with van der Waals surface area (Å²) in [6, 6.07) is 0.658. The van der Waals surface area contributed by atoms with E-state index < -0.39 is 0 Å². The Balaban J connectivity index is 1.77. The monoisotopic (exact) mass is 269 g/mol. The van der Waals surface area contributed by atoms with E-state index in [1.807, 2.05) is 0 Å². The molecule has 0 bridgehead atoms. The first-order chi connectivity index (χ1) is 9.19. The minimum Gasteiger partial charge on any atom is -0.381 e. The summed E-state index contributed by atoms with van der Waals surface area (Å²) in [5.74, 6) is 0.864. The predicted molar refractivity (Wildman–Crippen MR) is 74.8 cm³/mol. The van der Waals surface area contributed by atoms with Gasteiger partial charge in [0.15, 0.2) is 0 Å². The summed E-state index contributed by atoms with van der Waals surface area (Å²) in [6.07, 6.45) is 4.15. The Kier molecular flexibility index (Phi) is 5.60. The molecule has 2 fully saturated rings. The number of nitrogens with one attached hydrogen (secondary N) is 1. The lowest BCUT2D eigenvalue weighted by atomic mass is 9.92. The molecule has 2 rings (SSSR count). The van der Waals surface area contributed by atoms with E-state index >= 15 is 0 Å². The van der Waals surface area contributed by atoms with E-state index in [2.05, 4.69) is 17.1 Å². The van der Waals surface area contributed by atoms with E-state index in [-0.39, 0.29) is 5.91 Å². The first kappa shape index (κ1) is 14.8. The largest absolute Gasteiger partial charge is 0.381 e. The van der Waals surface area contributed by atoms with Crippen molar-refractivity contribution in [2.45, 2.75) is 44.7 Å². The third kappa shape index (κ3) is 4.44. The summed E-state index contributed by atoms with van der Waals surface area (Å²) in [4.78, 5) is 14.3. The Labute approximate surface area is 115 Å². The van der Waals surface area contributed by atoms with Crippen molar-refractivity contribution in [1.29, 1.82) is 0 Å². The highest BCUT2D eigenvalue weighted by Crippen LogP contribution is 2.21. The molecule has 2 saturated heterocycles. The average Bonchev–Trinajstić information content (AvgIpc) is 2.42. The molecule has 0 radical (unpaired) electrons. The van der Waals surface area contributed by atoms with Gasteiger partial charge in [-0.15, -0.1) is 0 Å². The van der Waals surface area contributed by atoms with Crippen LogP contribution in [0, 0.1) is 5.92 Å². The van der Waals surface area contributed by atoms with Crippen LogP contribution in [0.4, 0.5) is 0 Å². The van der Waals surface area contributed by atoms with Crippen LogP contribution in [0.5, 0.6) is 0 Å². The zero-order valence-electron chi connectivity index (χ0n) is 11.9. The summed E-state index contributed by atoms with van der Waals surface area (Å²) in [6.45, 7) is 5.92. The van der Waals surface area contributed by atoms with Crippen LogP contribution in [0.2, 0.25) is 0 Å². The number of ether oxygens (including phenoxy) is 1. The molecule has 2 unspecified atom stereocenters. The Morgan fingerprint density at radius 1 is 1.37 bits per heavy atom. The standard InChI is InChI=1S/C14H27N3O2/c1-11-2-5-17(13(8-11)9-15)10-14(18)16-12-3-6-19-7-4-12/h11-13H,2-10,15H2,1H3,(H,16,18). The molecule has 2 atom stereocenters. The lowest BCUT2D eigenvalue weighted by Crippen LogP contribution is -2.51. The van der Waals surface area contributed by atoms with Gasteiger partial charge in [0.2, 0.25) is 5.91 Å². The highest BCUT2D eigenvalue weighted by atomic mass is 16.5. The number of hydrogen-bond acceptors (Lipinski definition) is 4. The number of nitrogens with two attached hydrogens (primary N) is 1. The molecule has 5 nitrogen and oxygen atoms in total. The second kappa shape index (κ2) is 7.22. The van der Waals surface area contributed by atoms with Crippen LogP contribution >= 0.6 is 0 Å². The second-order valence-corrected chi connectivity index (χ2v) is 5.94. The van der Waals surface area contributed by atoms with E-state index in [1.165, 1.54) is 6.42 Å². The maximum atomic E-state index is 12.1. The number of carbonyl (C=O) groups is 1. The van der Waals surface area contributed by atoms with E-state index in [0.29, 0.717) is 25.2 Å². The molecule has 0 aliphatic carbocycles. The van der Waals surface area contributed by atoms with E-state index in [0.717, 1.165) is 44.9 Å². The van der Waals surface area contributed by atoms with Crippen molar-refractivity contribution >= 4 is 5.91 Å². The summed E-state index contributed by atoms with van der Waals surface area (Å²) < 4.78 is 5.30. The van der Waals surface area contributed by atoms with Gasteiger partial charge in [0.25, 0.3) is 0 Å². The number of likely N-dealkylation sites (tertiary alicyclic amines) is 1. The molecule has 0 spiro atoms. The van der Waals surface area contributed by atoms with Crippen molar-refractivity contribution in [3.63, 3.8) is 0 Å². The Bertz CT molecular complexity index is 292. The predicted octanol–water partition coefficient (Wildman–Crippen LogP) is 0.341. The molecular formula is C14H27N3O2. The van der Waals surface area contributed by atoms with Crippen LogP contribution < -0.4 is 11.1 Å². The topological polar surface area (TPSA) is 67.6 Å². The Hall–Kier alpha value is -0.650. The van der Waals surface area contributed by atoms with E-state index in [9.17, 15) is 4.79 Å². The first-order valence-electron chi connectivity index (χ1n) is 7.50. The van der Waals surface area contributed by atoms with Crippen molar-refractivity contribution < 1.29 is 9.53 Å². The maximum Gasteiger partial charge on any atom is 0.234 e. The van der Waals surface area contributed by atoms with Gasteiger partial charge in [0, 0.05) is 31.8 Å². The van der Waals surface area contributed by atoms with Gasteiger partial charge in [-0.05, 0) is 38.1 Å². The average molecular weight is 269 g/mol. The molecule has 0 aromatic rings. The number of amides is 1. The van der Waals surface area contributed by atoms with Crippen LogP contribution in [-0.4, -0.2) is 55.7 Å². The molecule has 2 aliphatic heterocycles. The molecule has 19 heavy (non-hydrogen) atoms. The summed E-state index contributed by atoms with van der Waals surface area (Å²) >= 11 is 0. The Morgan fingerprint density at radius 2 is 2.11 bits per heavy atom. The van der Waals surface area contributed by atoms with Crippen LogP contribution in [0.15, 0.2) is 0 Å². The van der Waals surface area contributed by atoms with Gasteiger partial charge in [0.05, 0.1) is 6.54 Å². The second-order valence-electron chi connectivity index (χ2n) is 5.94. The van der Waals surface area contributed by atoms with Crippen molar-refractivity contribution in [3.8, 4) is 0 Å². The number of piperidine rings is 1. The lowest BCUT2D eigenvalue weighted by molar-refractivity contribution is -0.124. The molecule has 2 aliphatic rings. The summed E-state index contributed by atoms with van der Waals surface area (Å²) in [5.41, 5.74) is 5.83. The molecule has 110 valence electrons. The highest BCUT2D eigenvalue weighted by molar-refractivity contribution is 5.78.